The van der Waals surface area contributed by atoms with Crippen molar-refractivity contribution in [1.82, 2.24) is 4.90 Å². The first-order chi connectivity index (χ1) is 9.31. The standard InChI is InChI=1S/C16H23FN2O/c1-16(2,3)13-7-15(20)19(10-13)9-12-6-14(17)5-4-11(12)8-18/h4-6,13H,7-10,18H2,1-3H3. The third-order valence-electron chi connectivity index (χ3n) is 4.19. The summed E-state index contributed by atoms with van der Waals surface area (Å²) >= 11 is 0. The number of carbonyl (C=O) groups excluding carboxylic acids is 1. The molecule has 4 heteroatoms. The third kappa shape index (κ3) is 3.18. The fraction of sp³-hybridized carbons (Fsp3) is 0.562. The molecule has 1 amide bonds. The van der Waals surface area contributed by atoms with Crippen LogP contribution < -0.4 is 5.73 Å². The average Bonchev–Trinajstić information content (AvgIpc) is 2.71. The summed E-state index contributed by atoms with van der Waals surface area (Å²) < 4.78 is 13.4. The summed E-state index contributed by atoms with van der Waals surface area (Å²) in [7, 11) is 0. The molecular formula is C16H23FN2O. The molecule has 1 saturated heterocycles. The van der Waals surface area contributed by atoms with Crippen molar-refractivity contribution in [2.75, 3.05) is 6.54 Å². The smallest absolute Gasteiger partial charge is 0.223 e. The molecule has 1 aromatic carbocycles. The summed E-state index contributed by atoms with van der Waals surface area (Å²) in [6.07, 6.45) is 0.580. The third-order valence-corrected chi connectivity index (χ3v) is 4.19. The first kappa shape index (κ1) is 15.0. The van der Waals surface area contributed by atoms with Crippen LogP contribution in [-0.2, 0) is 17.9 Å². The summed E-state index contributed by atoms with van der Waals surface area (Å²) in [6.45, 7) is 8.02. The van der Waals surface area contributed by atoms with E-state index in [1.807, 2.05) is 4.90 Å². The molecule has 1 aliphatic heterocycles. The maximum atomic E-state index is 13.4. The molecule has 3 nitrogen and oxygen atoms in total. The number of carbonyl (C=O) groups is 1. The van der Waals surface area contributed by atoms with Gasteiger partial charge in [-0.05, 0) is 34.6 Å². The Kier molecular flexibility index (Phi) is 4.14. The number of nitrogens with zero attached hydrogens (tertiary/aromatic N) is 1. The number of nitrogens with two attached hydrogens (primary N) is 1. The highest BCUT2D eigenvalue weighted by Crippen LogP contribution is 2.35. The van der Waals surface area contributed by atoms with E-state index in [9.17, 15) is 9.18 Å². The van der Waals surface area contributed by atoms with Gasteiger partial charge in [-0.2, -0.15) is 0 Å². The number of halogens is 1. The first-order valence-electron chi connectivity index (χ1n) is 7.06. The molecule has 0 radical (unpaired) electrons. The fourth-order valence-corrected chi connectivity index (χ4v) is 2.65. The molecule has 0 aliphatic carbocycles. The van der Waals surface area contributed by atoms with Crippen molar-refractivity contribution in [3.05, 3.63) is 35.1 Å². The van der Waals surface area contributed by atoms with Gasteiger partial charge in [0.15, 0.2) is 0 Å². The summed E-state index contributed by atoms with van der Waals surface area (Å²) in [4.78, 5) is 13.9. The largest absolute Gasteiger partial charge is 0.338 e. The highest BCUT2D eigenvalue weighted by molar-refractivity contribution is 5.78. The lowest BCUT2D eigenvalue weighted by atomic mass is 9.80. The predicted octanol–water partition coefficient (Wildman–Crippen LogP) is 2.68. The number of hydrogen-bond donors (Lipinski definition) is 1. The van der Waals surface area contributed by atoms with Crippen LogP contribution in [0.2, 0.25) is 0 Å². The summed E-state index contributed by atoms with van der Waals surface area (Å²) in [5.74, 6) is 0.221. The number of benzene rings is 1. The van der Waals surface area contributed by atoms with E-state index in [1.54, 1.807) is 6.07 Å². The van der Waals surface area contributed by atoms with E-state index >= 15 is 0 Å². The lowest BCUT2D eigenvalue weighted by Crippen LogP contribution is -2.28. The molecule has 20 heavy (non-hydrogen) atoms. The van der Waals surface area contributed by atoms with E-state index in [4.69, 9.17) is 5.73 Å². The van der Waals surface area contributed by atoms with Crippen molar-refractivity contribution < 1.29 is 9.18 Å². The maximum Gasteiger partial charge on any atom is 0.223 e. The van der Waals surface area contributed by atoms with Crippen molar-refractivity contribution >= 4 is 5.91 Å². The number of hydrogen-bond acceptors (Lipinski definition) is 2. The zero-order chi connectivity index (χ0) is 14.9. The minimum absolute atomic E-state index is 0.114. The van der Waals surface area contributed by atoms with Crippen LogP contribution in [0.3, 0.4) is 0 Å². The van der Waals surface area contributed by atoms with Crippen LogP contribution in [0.1, 0.15) is 38.3 Å². The Morgan fingerprint density at radius 2 is 2.05 bits per heavy atom. The van der Waals surface area contributed by atoms with E-state index in [1.165, 1.54) is 12.1 Å². The Morgan fingerprint density at radius 3 is 2.60 bits per heavy atom. The van der Waals surface area contributed by atoms with Crippen LogP contribution in [0.25, 0.3) is 0 Å². The van der Waals surface area contributed by atoms with E-state index < -0.39 is 0 Å². The van der Waals surface area contributed by atoms with Gasteiger partial charge >= 0.3 is 0 Å². The predicted molar refractivity (Wildman–Crippen MR) is 77.3 cm³/mol. The minimum Gasteiger partial charge on any atom is -0.338 e. The van der Waals surface area contributed by atoms with Gasteiger partial charge in [0.1, 0.15) is 5.82 Å². The monoisotopic (exact) mass is 278 g/mol. The summed E-state index contributed by atoms with van der Waals surface area (Å²) in [6, 6.07) is 4.60. The van der Waals surface area contributed by atoms with Crippen molar-refractivity contribution in [2.45, 2.75) is 40.3 Å². The molecule has 110 valence electrons. The van der Waals surface area contributed by atoms with Gasteiger partial charge in [-0.1, -0.05) is 26.8 Å². The minimum atomic E-state index is -0.281. The highest BCUT2D eigenvalue weighted by Gasteiger charge is 2.36. The molecule has 1 aromatic rings. The van der Waals surface area contributed by atoms with E-state index in [0.717, 1.165) is 17.7 Å². The van der Waals surface area contributed by atoms with Crippen molar-refractivity contribution in [2.24, 2.45) is 17.1 Å². The van der Waals surface area contributed by atoms with Gasteiger partial charge in [-0.25, -0.2) is 4.39 Å². The summed E-state index contributed by atoms with van der Waals surface area (Å²) in [5, 5.41) is 0. The van der Waals surface area contributed by atoms with Gasteiger partial charge in [-0.15, -0.1) is 0 Å². The SMILES string of the molecule is CC(C)(C)C1CC(=O)N(Cc2cc(F)ccc2CN)C1. The zero-order valence-corrected chi connectivity index (χ0v) is 12.4. The van der Waals surface area contributed by atoms with Crippen LogP contribution in [0.4, 0.5) is 4.39 Å². The number of likely N-dealkylation sites (tertiary alicyclic amines) is 1. The molecule has 2 rings (SSSR count). The van der Waals surface area contributed by atoms with Crippen molar-refractivity contribution in [1.29, 1.82) is 0 Å². The Hall–Kier alpha value is -1.42. The average molecular weight is 278 g/mol. The second-order valence-corrected chi connectivity index (χ2v) is 6.66. The van der Waals surface area contributed by atoms with Crippen LogP contribution in [-0.4, -0.2) is 17.4 Å². The van der Waals surface area contributed by atoms with Gasteiger partial charge < -0.3 is 10.6 Å². The van der Waals surface area contributed by atoms with Crippen LogP contribution in [0, 0.1) is 17.2 Å². The van der Waals surface area contributed by atoms with Gasteiger partial charge in [-0.3, -0.25) is 4.79 Å². The molecule has 0 bridgehead atoms. The lowest BCUT2D eigenvalue weighted by Gasteiger charge is -2.26. The molecule has 1 heterocycles. The van der Waals surface area contributed by atoms with Crippen LogP contribution >= 0.6 is 0 Å². The molecule has 2 N–H and O–H groups in total. The zero-order valence-electron chi connectivity index (χ0n) is 12.4. The second-order valence-electron chi connectivity index (χ2n) is 6.66. The first-order valence-corrected chi connectivity index (χ1v) is 7.06. The fourth-order valence-electron chi connectivity index (χ4n) is 2.65. The Bertz CT molecular complexity index is 508. The van der Waals surface area contributed by atoms with E-state index in [0.29, 0.717) is 25.4 Å². The number of amides is 1. The Balaban J connectivity index is 2.15. The lowest BCUT2D eigenvalue weighted by molar-refractivity contribution is -0.128. The van der Waals surface area contributed by atoms with Crippen LogP contribution in [0.15, 0.2) is 18.2 Å². The molecule has 0 spiro atoms. The molecule has 1 unspecified atom stereocenters. The number of rotatable bonds is 3. The van der Waals surface area contributed by atoms with Gasteiger partial charge in [0.25, 0.3) is 0 Å². The Morgan fingerprint density at radius 1 is 1.35 bits per heavy atom. The normalized spacial score (nSPS) is 19.8. The van der Waals surface area contributed by atoms with E-state index in [-0.39, 0.29) is 17.1 Å². The maximum absolute atomic E-state index is 13.4. The van der Waals surface area contributed by atoms with Crippen molar-refractivity contribution in [3.8, 4) is 0 Å². The van der Waals surface area contributed by atoms with Gasteiger partial charge in [0.2, 0.25) is 5.91 Å². The van der Waals surface area contributed by atoms with Gasteiger partial charge in [0.05, 0.1) is 0 Å². The second kappa shape index (κ2) is 5.52. The topological polar surface area (TPSA) is 46.3 Å². The highest BCUT2D eigenvalue weighted by atomic mass is 19.1. The molecule has 0 saturated carbocycles. The quantitative estimate of drug-likeness (QED) is 0.924. The molecule has 1 fully saturated rings. The molecule has 0 aromatic heterocycles. The summed E-state index contributed by atoms with van der Waals surface area (Å²) in [5.41, 5.74) is 7.51. The Labute approximate surface area is 120 Å². The molecular weight excluding hydrogens is 255 g/mol. The van der Waals surface area contributed by atoms with Crippen LogP contribution in [0.5, 0.6) is 0 Å². The molecule has 1 atom stereocenters. The van der Waals surface area contributed by atoms with E-state index in [2.05, 4.69) is 20.8 Å². The molecule has 1 aliphatic rings. The van der Waals surface area contributed by atoms with Gasteiger partial charge in [0, 0.05) is 26.1 Å². The van der Waals surface area contributed by atoms with Crippen molar-refractivity contribution in [3.63, 3.8) is 0 Å².